The molecule has 3 aromatic carbocycles. The quantitative estimate of drug-likeness (QED) is 0.333. The van der Waals surface area contributed by atoms with Gasteiger partial charge in [-0.05, 0) is 65.4 Å². The van der Waals surface area contributed by atoms with Gasteiger partial charge >= 0.3 is 0 Å². The molecule has 29 heavy (non-hydrogen) atoms. The molecule has 0 aliphatic carbocycles. The summed E-state index contributed by atoms with van der Waals surface area (Å²) in [6.45, 7) is 2.75. The van der Waals surface area contributed by atoms with E-state index < -0.39 is 0 Å². The SMILES string of the molecule is CCOc1c(I)cc(C(=O)Nc2cc(Cl)ccc2Cl)cc1OCc1ccccc1. The molecule has 7 heteroatoms. The number of carbonyl (C=O) groups is 1. The summed E-state index contributed by atoms with van der Waals surface area (Å²) in [6.07, 6.45) is 0. The van der Waals surface area contributed by atoms with E-state index in [0.717, 1.165) is 9.13 Å². The van der Waals surface area contributed by atoms with Crippen molar-refractivity contribution in [3.8, 4) is 11.5 Å². The number of benzene rings is 3. The highest BCUT2D eigenvalue weighted by molar-refractivity contribution is 14.1. The summed E-state index contributed by atoms with van der Waals surface area (Å²) < 4.78 is 12.5. The number of anilines is 1. The maximum atomic E-state index is 12.8. The van der Waals surface area contributed by atoms with Crippen LogP contribution in [0, 0.1) is 3.57 Å². The average molecular weight is 542 g/mol. The molecule has 0 bridgehead atoms. The Balaban J connectivity index is 1.87. The fourth-order valence-electron chi connectivity index (χ4n) is 2.61. The molecule has 0 fully saturated rings. The largest absolute Gasteiger partial charge is 0.489 e. The lowest BCUT2D eigenvalue weighted by atomic mass is 10.1. The number of halogens is 3. The van der Waals surface area contributed by atoms with Crippen molar-refractivity contribution in [2.75, 3.05) is 11.9 Å². The second-order valence-corrected chi connectivity index (χ2v) is 8.08. The highest BCUT2D eigenvalue weighted by Crippen LogP contribution is 2.35. The Hall–Kier alpha value is -1.96. The molecule has 0 aromatic heterocycles. The Morgan fingerprint density at radius 1 is 1.03 bits per heavy atom. The predicted molar refractivity (Wildman–Crippen MR) is 126 cm³/mol. The van der Waals surface area contributed by atoms with E-state index >= 15 is 0 Å². The lowest BCUT2D eigenvalue weighted by Crippen LogP contribution is -2.13. The minimum absolute atomic E-state index is 0.320. The molecule has 0 heterocycles. The number of carbonyl (C=O) groups excluding carboxylic acids is 1. The third-order valence-electron chi connectivity index (χ3n) is 3.97. The number of ether oxygens (including phenoxy) is 2. The predicted octanol–water partition coefficient (Wildman–Crippen LogP) is 6.83. The van der Waals surface area contributed by atoms with Gasteiger partial charge in [0.25, 0.3) is 5.91 Å². The van der Waals surface area contributed by atoms with Gasteiger partial charge in [-0.2, -0.15) is 0 Å². The van der Waals surface area contributed by atoms with E-state index in [2.05, 4.69) is 27.9 Å². The van der Waals surface area contributed by atoms with E-state index in [0.29, 0.717) is 46.0 Å². The van der Waals surface area contributed by atoms with Crippen molar-refractivity contribution in [2.45, 2.75) is 13.5 Å². The number of hydrogen-bond donors (Lipinski definition) is 1. The molecule has 0 spiro atoms. The molecule has 4 nitrogen and oxygen atoms in total. The number of amides is 1. The van der Waals surface area contributed by atoms with Crippen LogP contribution in [0.1, 0.15) is 22.8 Å². The maximum absolute atomic E-state index is 12.8. The fourth-order valence-corrected chi connectivity index (χ4v) is 3.71. The molecule has 0 saturated carbocycles. The minimum atomic E-state index is -0.320. The van der Waals surface area contributed by atoms with Crippen LogP contribution in [0.15, 0.2) is 60.7 Å². The van der Waals surface area contributed by atoms with Crippen LogP contribution in [0.4, 0.5) is 5.69 Å². The zero-order valence-corrected chi connectivity index (χ0v) is 19.2. The van der Waals surface area contributed by atoms with Gasteiger partial charge in [0.2, 0.25) is 0 Å². The Labute approximate surface area is 193 Å². The molecule has 0 saturated heterocycles. The zero-order chi connectivity index (χ0) is 20.8. The second kappa shape index (κ2) is 10.2. The Morgan fingerprint density at radius 3 is 2.52 bits per heavy atom. The molecule has 3 rings (SSSR count). The van der Waals surface area contributed by atoms with Gasteiger partial charge in [-0.1, -0.05) is 53.5 Å². The standard InChI is InChI=1S/C22H18Cl2INO3/c1-2-28-21-18(25)10-15(11-20(21)29-13-14-6-4-3-5-7-14)22(27)26-19-12-16(23)8-9-17(19)24/h3-12H,2,13H2,1H3,(H,26,27). The molecule has 0 unspecified atom stereocenters. The van der Waals surface area contributed by atoms with Crippen molar-refractivity contribution in [3.05, 3.63) is 85.4 Å². The summed E-state index contributed by atoms with van der Waals surface area (Å²) >= 11 is 14.3. The fraction of sp³-hybridized carbons (Fsp3) is 0.136. The van der Waals surface area contributed by atoms with Crippen LogP contribution in [0.5, 0.6) is 11.5 Å². The second-order valence-electron chi connectivity index (χ2n) is 6.07. The van der Waals surface area contributed by atoms with Gasteiger partial charge in [-0.25, -0.2) is 0 Å². The van der Waals surface area contributed by atoms with E-state index in [4.69, 9.17) is 32.7 Å². The first-order valence-electron chi connectivity index (χ1n) is 8.87. The summed E-state index contributed by atoms with van der Waals surface area (Å²) in [4.78, 5) is 12.8. The van der Waals surface area contributed by atoms with Gasteiger partial charge in [0.05, 0.1) is 20.9 Å². The highest BCUT2D eigenvalue weighted by Gasteiger charge is 2.17. The summed E-state index contributed by atoms with van der Waals surface area (Å²) in [5, 5.41) is 3.68. The molecule has 0 atom stereocenters. The smallest absolute Gasteiger partial charge is 0.255 e. The van der Waals surface area contributed by atoms with E-state index in [-0.39, 0.29) is 5.91 Å². The van der Waals surface area contributed by atoms with Crippen molar-refractivity contribution in [3.63, 3.8) is 0 Å². The molecule has 0 aliphatic rings. The van der Waals surface area contributed by atoms with Gasteiger partial charge in [0, 0.05) is 10.6 Å². The monoisotopic (exact) mass is 541 g/mol. The minimum Gasteiger partial charge on any atom is -0.489 e. The molecular formula is C22H18Cl2INO3. The van der Waals surface area contributed by atoms with Crippen molar-refractivity contribution in [1.82, 2.24) is 0 Å². The van der Waals surface area contributed by atoms with Crippen molar-refractivity contribution in [2.24, 2.45) is 0 Å². The molecular weight excluding hydrogens is 524 g/mol. The molecule has 0 radical (unpaired) electrons. The van der Waals surface area contributed by atoms with Crippen LogP contribution < -0.4 is 14.8 Å². The van der Waals surface area contributed by atoms with E-state index in [1.165, 1.54) is 0 Å². The lowest BCUT2D eigenvalue weighted by molar-refractivity contribution is 0.102. The van der Waals surface area contributed by atoms with Crippen LogP contribution >= 0.6 is 45.8 Å². The third kappa shape index (κ3) is 5.78. The normalized spacial score (nSPS) is 10.5. The van der Waals surface area contributed by atoms with Crippen molar-refractivity contribution < 1.29 is 14.3 Å². The Kier molecular flexibility index (Phi) is 7.64. The first kappa shape index (κ1) is 21.7. The maximum Gasteiger partial charge on any atom is 0.255 e. The molecule has 150 valence electrons. The van der Waals surface area contributed by atoms with Gasteiger partial charge in [-0.15, -0.1) is 0 Å². The number of nitrogens with one attached hydrogen (secondary N) is 1. The topological polar surface area (TPSA) is 47.6 Å². The van der Waals surface area contributed by atoms with Crippen LogP contribution in [0.3, 0.4) is 0 Å². The van der Waals surface area contributed by atoms with Crippen molar-refractivity contribution >= 4 is 57.4 Å². The van der Waals surface area contributed by atoms with Crippen LogP contribution in [0.25, 0.3) is 0 Å². The van der Waals surface area contributed by atoms with Crippen LogP contribution in [-0.4, -0.2) is 12.5 Å². The summed E-state index contributed by atoms with van der Waals surface area (Å²) in [6, 6.07) is 18.1. The van der Waals surface area contributed by atoms with Crippen molar-refractivity contribution in [1.29, 1.82) is 0 Å². The van der Waals surface area contributed by atoms with Crippen LogP contribution in [-0.2, 0) is 6.61 Å². The highest BCUT2D eigenvalue weighted by atomic mass is 127. The zero-order valence-electron chi connectivity index (χ0n) is 15.5. The molecule has 0 aliphatic heterocycles. The number of rotatable bonds is 7. The molecule has 1 amide bonds. The molecule has 3 aromatic rings. The summed E-state index contributed by atoms with van der Waals surface area (Å²) in [7, 11) is 0. The average Bonchev–Trinajstić information content (AvgIpc) is 2.71. The first-order valence-corrected chi connectivity index (χ1v) is 10.7. The Morgan fingerprint density at radius 2 is 1.79 bits per heavy atom. The van der Waals surface area contributed by atoms with E-state index in [1.807, 2.05) is 37.3 Å². The van der Waals surface area contributed by atoms with Crippen LogP contribution in [0.2, 0.25) is 10.0 Å². The first-order chi connectivity index (χ1) is 14.0. The summed E-state index contributed by atoms with van der Waals surface area (Å²) in [5.74, 6) is 0.797. The third-order valence-corrected chi connectivity index (χ3v) is 5.34. The summed E-state index contributed by atoms with van der Waals surface area (Å²) in [5.41, 5.74) is 1.89. The molecule has 1 N–H and O–H groups in total. The lowest BCUT2D eigenvalue weighted by Gasteiger charge is -2.16. The van der Waals surface area contributed by atoms with Gasteiger partial charge in [0.1, 0.15) is 6.61 Å². The van der Waals surface area contributed by atoms with E-state index in [1.54, 1.807) is 30.3 Å². The van der Waals surface area contributed by atoms with E-state index in [9.17, 15) is 4.79 Å². The van der Waals surface area contributed by atoms with Gasteiger partial charge in [0.15, 0.2) is 11.5 Å². The Bertz CT molecular complexity index is 1010. The van der Waals surface area contributed by atoms with Gasteiger partial charge < -0.3 is 14.8 Å². The van der Waals surface area contributed by atoms with Gasteiger partial charge in [-0.3, -0.25) is 4.79 Å². The number of hydrogen-bond acceptors (Lipinski definition) is 3.